The van der Waals surface area contributed by atoms with Crippen LogP contribution in [0, 0.1) is 0 Å². The van der Waals surface area contributed by atoms with Crippen molar-refractivity contribution in [3.8, 4) is 5.75 Å². The van der Waals surface area contributed by atoms with Crippen LogP contribution in [0.3, 0.4) is 0 Å². The summed E-state index contributed by atoms with van der Waals surface area (Å²) in [6.45, 7) is 0. The third-order valence-corrected chi connectivity index (χ3v) is 2.35. The SMILES string of the molecule is COc1ccc(C(N)CC(F)(F)F)cc1Cl. The molecule has 1 atom stereocenters. The highest BCUT2D eigenvalue weighted by molar-refractivity contribution is 6.32. The molecule has 0 aromatic heterocycles. The molecule has 0 spiro atoms. The van der Waals surface area contributed by atoms with Gasteiger partial charge in [-0.15, -0.1) is 0 Å². The molecule has 0 amide bonds. The van der Waals surface area contributed by atoms with Gasteiger partial charge in [-0.1, -0.05) is 17.7 Å². The van der Waals surface area contributed by atoms with E-state index in [0.29, 0.717) is 11.3 Å². The van der Waals surface area contributed by atoms with Crippen molar-refractivity contribution in [2.75, 3.05) is 7.11 Å². The van der Waals surface area contributed by atoms with E-state index in [1.807, 2.05) is 0 Å². The van der Waals surface area contributed by atoms with E-state index in [2.05, 4.69) is 0 Å². The van der Waals surface area contributed by atoms with Crippen LogP contribution in [0.2, 0.25) is 5.02 Å². The van der Waals surface area contributed by atoms with E-state index in [1.165, 1.54) is 25.3 Å². The molecule has 0 saturated carbocycles. The normalized spacial score (nSPS) is 13.6. The molecule has 90 valence electrons. The highest BCUT2D eigenvalue weighted by Gasteiger charge is 2.31. The van der Waals surface area contributed by atoms with E-state index in [0.717, 1.165) is 0 Å². The van der Waals surface area contributed by atoms with E-state index in [1.54, 1.807) is 0 Å². The van der Waals surface area contributed by atoms with Gasteiger partial charge in [-0.25, -0.2) is 0 Å². The summed E-state index contributed by atoms with van der Waals surface area (Å²) in [6, 6.07) is 3.25. The number of benzene rings is 1. The van der Waals surface area contributed by atoms with Crippen molar-refractivity contribution < 1.29 is 17.9 Å². The lowest BCUT2D eigenvalue weighted by Crippen LogP contribution is -2.20. The van der Waals surface area contributed by atoms with Gasteiger partial charge in [0.15, 0.2) is 0 Å². The number of hydrogen-bond acceptors (Lipinski definition) is 2. The molecule has 1 unspecified atom stereocenters. The lowest BCUT2D eigenvalue weighted by atomic mass is 10.0. The van der Waals surface area contributed by atoms with Gasteiger partial charge >= 0.3 is 6.18 Å². The standard InChI is InChI=1S/C10H11ClF3NO/c1-16-9-3-2-6(4-7(9)11)8(15)5-10(12,13)14/h2-4,8H,5,15H2,1H3. The molecule has 0 saturated heterocycles. The lowest BCUT2D eigenvalue weighted by molar-refractivity contribution is -0.138. The Kier molecular flexibility index (Phi) is 4.04. The van der Waals surface area contributed by atoms with E-state index in [4.69, 9.17) is 22.1 Å². The van der Waals surface area contributed by atoms with Crippen molar-refractivity contribution in [2.45, 2.75) is 18.6 Å². The molecule has 16 heavy (non-hydrogen) atoms. The number of rotatable bonds is 3. The van der Waals surface area contributed by atoms with Gasteiger partial charge in [0.2, 0.25) is 0 Å². The van der Waals surface area contributed by atoms with Crippen LogP contribution in [0.1, 0.15) is 18.0 Å². The van der Waals surface area contributed by atoms with Crippen LogP contribution in [0.5, 0.6) is 5.75 Å². The molecule has 0 radical (unpaired) electrons. The Morgan fingerprint density at radius 1 is 1.44 bits per heavy atom. The first kappa shape index (κ1) is 13.1. The molecule has 0 aliphatic rings. The largest absolute Gasteiger partial charge is 0.495 e. The molecule has 2 nitrogen and oxygen atoms in total. The van der Waals surface area contributed by atoms with E-state index in [-0.39, 0.29) is 5.02 Å². The second-order valence-electron chi connectivity index (χ2n) is 3.32. The highest BCUT2D eigenvalue weighted by atomic mass is 35.5. The summed E-state index contributed by atoms with van der Waals surface area (Å²) in [5.74, 6) is 0.407. The summed E-state index contributed by atoms with van der Waals surface area (Å²) in [7, 11) is 1.43. The average Bonchev–Trinajstić information content (AvgIpc) is 2.15. The van der Waals surface area contributed by atoms with Gasteiger partial charge in [-0.05, 0) is 17.7 Å². The summed E-state index contributed by atoms with van der Waals surface area (Å²) >= 11 is 5.78. The monoisotopic (exact) mass is 253 g/mol. The van der Waals surface area contributed by atoms with Crippen LogP contribution < -0.4 is 10.5 Å². The van der Waals surface area contributed by atoms with Gasteiger partial charge in [0, 0.05) is 6.04 Å². The van der Waals surface area contributed by atoms with Gasteiger partial charge in [-0.2, -0.15) is 13.2 Å². The fraction of sp³-hybridized carbons (Fsp3) is 0.400. The van der Waals surface area contributed by atoms with Crippen molar-refractivity contribution in [3.63, 3.8) is 0 Å². The molecule has 2 N–H and O–H groups in total. The third-order valence-electron chi connectivity index (χ3n) is 2.06. The first-order valence-corrected chi connectivity index (χ1v) is 4.87. The van der Waals surface area contributed by atoms with Crippen LogP contribution in [0.15, 0.2) is 18.2 Å². The smallest absolute Gasteiger partial charge is 0.390 e. The number of methoxy groups -OCH3 is 1. The van der Waals surface area contributed by atoms with Gasteiger partial charge in [0.1, 0.15) is 5.75 Å². The third kappa shape index (κ3) is 3.57. The quantitative estimate of drug-likeness (QED) is 0.897. The number of alkyl halides is 3. The van der Waals surface area contributed by atoms with Gasteiger partial charge < -0.3 is 10.5 Å². The first-order valence-electron chi connectivity index (χ1n) is 4.49. The number of nitrogens with two attached hydrogens (primary N) is 1. The maximum Gasteiger partial charge on any atom is 0.390 e. The molecule has 0 aliphatic heterocycles. The zero-order valence-corrected chi connectivity index (χ0v) is 9.27. The summed E-state index contributed by atoms with van der Waals surface area (Å²) in [6.07, 6.45) is -5.36. The van der Waals surface area contributed by atoms with Gasteiger partial charge in [-0.3, -0.25) is 0 Å². The van der Waals surface area contributed by atoms with E-state index >= 15 is 0 Å². The zero-order chi connectivity index (χ0) is 12.3. The van der Waals surface area contributed by atoms with Gasteiger partial charge in [0.25, 0.3) is 0 Å². The number of hydrogen-bond donors (Lipinski definition) is 1. The highest BCUT2D eigenvalue weighted by Crippen LogP contribution is 2.31. The van der Waals surface area contributed by atoms with Crippen molar-refractivity contribution in [2.24, 2.45) is 5.73 Å². The topological polar surface area (TPSA) is 35.2 Å². The Morgan fingerprint density at radius 2 is 2.06 bits per heavy atom. The fourth-order valence-corrected chi connectivity index (χ4v) is 1.55. The number of halogens is 4. The Morgan fingerprint density at radius 3 is 2.50 bits per heavy atom. The van der Waals surface area contributed by atoms with E-state index < -0.39 is 18.6 Å². The minimum atomic E-state index is -4.29. The summed E-state index contributed by atoms with van der Waals surface area (Å²) in [4.78, 5) is 0. The predicted octanol–water partition coefficient (Wildman–Crippen LogP) is 3.30. The maximum atomic E-state index is 12.1. The van der Waals surface area contributed by atoms with Crippen LogP contribution in [0.25, 0.3) is 0 Å². The average molecular weight is 254 g/mol. The first-order chi connectivity index (χ1) is 7.33. The molecule has 0 fully saturated rings. The predicted molar refractivity (Wildman–Crippen MR) is 55.6 cm³/mol. The summed E-state index contributed by atoms with van der Waals surface area (Å²) in [5.41, 5.74) is 5.76. The van der Waals surface area contributed by atoms with Crippen LogP contribution in [0.4, 0.5) is 13.2 Å². The van der Waals surface area contributed by atoms with Crippen molar-refractivity contribution >= 4 is 11.6 Å². The van der Waals surface area contributed by atoms with Crippen molar-refractivity contribution in [3.05, 3.63) is 28.8 Å². The van der Waals surface area contributed by atoms with E-state index in [9.17, 15) is 13.2 Å². The summed E-state index contributed by atoms with van der Waals surface area (Å²) < 4.78 is 41.2. The Labute approximate surface area is 96.1 Å². The van der Waals surface area contributed by atoms with Crippen LogP contribution in [-0.4, -0.2) is 13.3 Å². The number of ether oxygens (including phenoxy) is 1. The minimum absolute atomic E-state index is 0.248. The van der Waals surface area contributed by atoms with Crippen LogP contribution in [-0.2, 0) is 0 Å². The zero-order valence-electron chi connectivity index (χ0n) is 8.51. The second kappa shape index (κ2) is 4.93. The molecule has 1 rings (SSSR count). The molecule has 0 bridgehead atoms. The molecule has 1 aromatic rings. The maximum absolute atomic E-state index is 12.1. The van der Waals surface area contributed by atoms with Crippen molar-refractivity contribution in [1.29, 1.82) is 0 Å². The minimum Gasteiger partial charge on any atom is -0.495 e. The fourth-order valence-electron chi connectivity index (χ4n) is 1.28. The Bertz CT molecular complexity index is 368. The van der Waals surface area contributed by atoms with Gasteiger partial charge in [0.05, 0.1) is 18.6 Å². The summed E-state index contributed by atoms with van der Waals surface area (Å²) in [5, 5.41) is 0.248. The molecule has 0 heterocycles. The molecular weight excluding hydrogens is 243 g/mol. The molecule has 6 heteroatoms. The second-order valence-corrected chi connectivity index (χ2v) is 3.73. The Hall–Kier alpha value is -0.940. The molecule has 1 aromatic carbocycles. The van der Waals surface area contributed by atoms with Crippen LogP contribution >= 0.6 is 11.6 Å². The lowest BCUT2D eigenvalue weighted by Gasteiger charge is -2.15. The Balaban J connectivity index is 2.85. The molecular formula is C10H11ClF3NO. The molecule has 0 aliphatic carbocycles. The van der Waals surface area contributed by atoms with Crippen molar-refractivity contribution in [1.82, 2.24) is 0 Å².